The predicted molar refractivity (Wildman–Crippen MR) is 128 cm³/mol. The molecular formula is C26H18N4O5. The molecule has 0 aliphatic carbocycles. The highest BCUT2D eigenvalue weighted by Gasteiger charge is 2.64. The minimum atomic E-state index is -1.06. The number of carbonyl (C=O) groups is 3. The van der Waals surface area contributed by atoms with E-state index in [1.165, 1.54) is 40.4 Å². The number of imide groups is 1. The van der Waals surface area contributed by atoms with Gasteiger partial charge in [0.25, 0.3) is 5.69 Å². The summed E-state index contributed by atoms with van der Waals surface area (Å²) >= 11 is 0. The maximum atomic E-state index is 13.7. The van der Waals surface area contributed by atoms with E-state index in [1.807, 2.05) is 30.3 Å². The van der Waals surface area contributed by atoms with Crippen molar-refractivity contribution in [2.75, 3.05) is 4.90 Å². The van der Waals surface area contributed by atoms with Gasteiger partial charge in [-0.2, -0.15) is 5.10 Å². The summed E-state index contributed by atoms with van der Waals surface area (Å²) in [6.45, 7) is 0. The Balaban J connectivity index is 1.43. The number of amides is 2. The van der Waals surface area contributed by atoms with Gasteiger partial charge >= 0.3 is 0 Å². The number of fused-ring (bicyclic) bond motifs is 4. The van der Waals surface area contributed by atoms with Crippen LogP contribution in [0.15, 0.2) is 84.0 Å². The van der Waals surface area contributed by atoms with E-state index in [-0.39, 0.29) is 17.2 Å². The van der Waals surface area contributed by atoms with E-state index < -0.39 is 40.5 Å². The molecule has 3 aromatic carbocycles. The number of hydrogen-bond acceptors (Lipinski definition) is 7. The van der Waals surface area contributed by atoms with Crippen LogP contribution in [0.25, 0.3) is 10.8 Å². The Morgan fingerprint density at radius 3 is 2.49 bits per heavy atom. The Kier molecular flexibility index (Phi) is 4.60. The molecule has 6 rings (SSSR count). The van der Waals surface area contributed by atoms with Crippen LogP contribution in [-0.2, 0) is 9.59 Å². The monoisotopic (exact) mass is 466 g/mol. The molecule has 9 heteroatoms. The molecule has 0 saturated carbocycles. The van der Waals surface area contributed by atoms with Crippen molar-refractivity contribution in [3.8, 4) is 0 Å². The lowest BCUT2D eigenvalue weighted by Crippen LogP contribution is -2.46. The Hall–Kier alpha value is -4.66. The summed E-state index contributed by atoms with van der Waals surface area (Å²) in [6.07, 6.45) is 4.96. The van der Waals surface area contributed by atoms with Crippen LogP contribution >= 0.6 is 0 Å². The van der Waals surface area contributed by atoms with Crippen molar-refractivity contribution in [3.05, 3.63) is 94.6 Å². The number of Topliss-reactive ketones (excluding diaryl/α,β-unsaturated/α-hetero) is 1. The van der Waals surface area contributed by atoms with Crippen molar-refractivity contribution in [1.82, 2.24) is 5.01 Å². The quantitative estimate of drug-likeness (QED) is 0.252. The van der Waals surface area contributed by atoms with Gasteiger partial charge in [-0.1, -0.05) is 48.5 Å². The molecule has 2 amide bonds. The number of non-ortho nitro benzene ring substituents is 1. The van der Waals surface area contributed by atoms with E-state index >= 15 is 0 Å². The number of benzene rings is 3. The van der Waals surface area contributed by atoms with Crippen molar-refractivity contribution in [2.24, 2.45) is 16.9 Å². The molecule has 3 aliphatic heterocycles. The van der Waals surface area contributed by atoms with Crippen LogP contribution in [0.5, 0.6) is 0 Å². The van der Waals surface area contributed by atoms with Crippen LogP contribution in [0.3, 0.4) is 0 Å². The number of ketones is 1. The van der Waals surface area contributed by atoms with Gasteiger partial charge in [0, 0.05) is 23.9 Å². The van der Waals surface area contributed by atoms with Gasteiger partial charge in [0.15, 0.2) is 5.78 Å². The second kappa shape index (κ2) is 7.69. The fourth-order valence-electron chi connectivity index (χ4n) is 5.35. The molecule has 3 aromatic rings. The summed E-state index contributed by atoms with van der Waals surface area (Å²) in [6, 6.07) is 16.8. The van der Waals surface area contributed by atoms with Crippen LogP contribution in [-0.4, -0.2) is 45.8 Å². The summed E-state index contributed by atoms with van der Waals surface area (Å²) in [5, 5.41) is 18.9. The number of nitrogens with zero attached hydrogens (tertiary/aromatic N) is 4. The van der Waals surface area contributed by atoms with Crippen molar-refractivity contribution < 1.29 is 19.3 Å². The molecule has 0 unspecified atom stereocenters. The highest BCUT2D eigenvalue weighted by molar-refractivity contribution is 6.25. The van der Waals surface area contributed by atoms with E-state index in [1.54, 1.807) is 24.3 Å². The van der Waals surface area contributed by atoms with Crippen molar-refractivity contribution in [2.45, 2.75) is 12.1 Å². The molecule has 0 aromatic heterocycles. The molecule has 35 heavy (non-hydrogen) atoms. The number of carbonyl (C=O) groups excluding carboxylic acids is 3. The highest BCUT2D eigenvalue weighted by Crippen LogP contribution is 2.46. The van der Waals surface area contributed by atoms with Gasteiger partial charge in [0.05, 0.1) is 28.5 Å². The molecule has 172 valence electrons. The maximum Gasteiger partial charge on any atom is 0.270 e. The molecular weight excluding hydrogens is 448 g/mol. The zero-order valence-electron chi connectivity index (χ0n) is 18.2. The predicted octanol–water partition coefficient (Wildman–Crippen LogP) is 3.34. The standard InChI is InChI=1S/C26H18N4O5/c31-24(17-7-3-8-19(14-17)30(34)35)23-22-21(20-9-4-12-27-29(20)23)25(32)28(26(22)33)18-11-10-15-5-1-2-6-16(15)13-18/h1-14,20-23H/t20-,21+,22+,23-/m0/s1. The second-order valence-corrected chi connectivity index (χ2v) is 8.73. The van der Waals surface area contributed by atoms with E-state index in [9.17, 15) is 24.5 Å². The van der Waals surface area contributed by atoms with Gasteiger partial charge in [-0.25, -0.2) is 4.90 Å². The fourth-order valence-corrected chi connectivity index (χ4v) is 5.35. The van der Waals surface area contributed by atoms with E-state index in [0.717, 1.165) is 10.8 Å². The number of anilines is 1. The first-order chi connectivity index (χ1) is 17.0. The molecule has 0 radical (unpaired) electrons. The van der Waals surface area contributed by atoms with Gasteiger partial charge in [-0.05, 0) is 29.0 Å². The van der Waals surface area contributed by atoms with Gasteiger partial charge < -0.3 is 0 Å². The number of hydrogen-bond donors (Lipinski definition) is 0. The first-order valence-corrected chi connectivity index (χ1v) is 11.1. The third-order valence-electron chi connectivity index (χ3n) is 6.89. The summed E-state index contributed by atoms with van der Waals surface area (Å²) in [7, 11) is 0. The summed E-state index contributed by atoms with van der Waals surface area (Å²) in [5.41, 5.74) is 0.317. The largest absolute Gasteiger partial charge is 0.292 e. The number of hydrazone groups is 1. The highest BCUT2D eigenvalue weighted by atomic mass is 16.6. The Morgan fingerprint density at radius 2 is 1.69 bits per heavy atom. The summed E-state index contributed by atoms with van der Waals surface area (Å²) in [4.78, 5) is 52.8. The van der Waals surface area contributed by atoms with Crippen LogP contribution < -0.4 is 4.90 Å². The average Bonchev–Trinajstić information content (AvgIpc) is 3.35. The molecule has 4 atom stereocenters. The number of allylic oxidation sites excluding steroid dienone is 1. The molecule has 0 spiro atoms. The number of nitro benzene ring substituents is 1. The topological polar surface area (TPSA) is 113 Å². The third kappa shape index (κ3) is 3.08. The van der Waals surface area contributed by atoms with Crippen molar-refractivity contribution in [3.63, 3.8) is 0 Å². The number of nitro groups is 1. The Labute approximate surface area is 199 Å². The molecule has 0 N–H and O–H groups in total. The van der Waals surface area contributed by atoms with Gasteiger partial charge in [-0.3, -0.25) is 29.5 Å². The minimum Gasteiger partial charge on any atom is -0.292 e. The van der Waals surface area contributed by atoms with E-state index in [4.69, 9.17) is 0 Å². The lowest BCUT2D eigenvalue weighted by Gasteiger charge is -2.30. The third-order valence-corrected chi connectivity index (χ3v) is 6.89. The molecule has 2 saturated heterocycles. The average molecular weight is 466 g/mol. The maximum absolute atomic E-state index is 13.7. The SMILES string of the molecule is O=C(c1cccc([N+](=O)[O-])c1)[C@@H]1[C@@H]2C(=O)N(c3ccc4ccccc4c3)C(=O)[C@@H]2[C@@H]2C=CC=NN12. The zero-order chi connectivity index (χ0) is 24.3. The fraction of sp³-hybridized carbons (Fsp3) is 0.154. The summed E-state index contributed by atoms with van der Waals surface area (Å²) in [5.74, 6) is -3.11. The van der Waals surface area contributed by atoms with Gasteiger partial charge in [-0.15, -0.1) is 0 Å². The first-order valence-electron chi connectivity index (χ1n) is 11.1. The molecule has 3 heterocycles. The first kappa shape index (κ1) is 20.9. The van der Waals surface area contributed by atoms with E-state index in [2.05, 4.69) is 5.10 Å². The van der Waals surface area contributed by atoms with Crippen molar-refractivity contribution in [1.29, 1.82) is 0 Å². The normalized spacial score (nSPS) is 24.7. The van der Waals surface area contributed by atoms with Crippen LogP contribution in [0.4, 0.5) is 11.4 Å². The van der Waals surface area contributed by atoms with Crippen molar-refractivity contribution >= 4 is 46.0 Å². The molecule has 9 nitrogen and oxygen atoms in total. The zero-order valence-corrected chi connectivity index (χ0v) is 18.2. The lowest BCUT2D eigenvalue weighted by molar-refractivity contribution is -0.384. The van der Waals surface area contributed by atoms with Crippen LogP contribution in [0.1, 0.15) is 10.4 Å². The van der Waals surface area contributed by atoms with Crippen LogP contribution in [0, 0.1) is 22.0 Å². The Morgan fingerprint density at radius 1 is 0.914 bits per heavy atom. The van der Waals surface area contributed by atoms with E-state index in [0.29, 0.717) is 5.69 Å². The molecule has 3 aliphatic rings. The van der Waals surface area contributed by atoms with Crippen LogP contribution in [0.2, 0.25) is 0 Å². The lowest BCUT2D eigenvalue weighted by atomic mass is 9.86. The smallest absolute Gasteiger partial charge is 0.270 e. The minimum absolute atomic E-state index is 0.0951. The second-order valence-electron chi connectivity index (χ2n) is 8.73. The summed E-state index contributed by atoms with van der Waals surface area (Å²) < 4.78 is 0. The Bertz CT molecular complexity index is 1500. The molecule has 0 bridgehead atoms. The molecule has 2 fully saturated rings. The van der Waals surface area contributed by atoms with Gasteiger partial charge in [0.1, 0.15) is 6.04 Å². The number of rotatable bonds is 4. The van der Waals surface area contributed by atoms with Gasteiger partial charge in [0.2, 0.25) is 11.8 Å².